The Labute approximate surface area is 164 Å². The lowest BCUT2D eigenvalue weighted by Gasteiger charge is -2.33. The Morgan fingerprint density at radius 2 is 1.74 bits per heavy atom. The number of hydrogen-bond acceptors (Lipinski definition) is 4. The number of hydrogen-bond donors (Lipinski definition) is 1. The lowest BCUT2D eigenvalue weighted by atomic mass is 10.1. The molecule has 2 aromatic rings. The Hall–Kier alpha value is -1.93. The molecule has 3 rings (SSSR count). The second-order valence-corrected chi connectivity index (χ2v) is 9.02. The number of nitrogens with one attached hydrogen (secondary N) is 1. The van der Waals surface area contributed by atoms with E-state index in [1.807, 2.05) is 18.2 Å². The molecule has 6 nitrogen and oxygen atoms in total. The van der Waals surface area contributed by atoms with E-state index in [4.69, 9.17) is 11.6 Å². The highest BCUT2D eigenvalue weighted by Crippen LogP contribution is 2.16. The van der Waals surface area contributed by atoms with E-state index in [0.29, 0.717) is 49.0 Å². The van der Waals surface area contributed by atoms with E-state index in [1.165, 1.54) is 10.6 Å². The lowest BCUT2D eigenvalue weighted by molar-refractivity contribution is 0.102. The number of benzene rings is 2. The van der Waals surface area contributed by atoms with E-state index in [9.17, 15) is 13.2 Å². The molecule has 0 unspecified atom stereocenters. The summed E-state index contributed by atoms with van der Waals surface area (Å²) in [5, 5.41) is 3.47. The van der Waals surface area contributed by atoms with Crippen LogP contribution in [-0.4, -0.2) is 56.0 Å². The molecule has 144 valence electrons. The average Bonchev–Trinajstić information content (AvgIpc) is 2.63. The maximum atomic E-state index is 12.5. The molecule has 0 aliphatic carbocycles. The number of anilines is 1. The summed E-state index contributed by atoms with van der Waals surface area (Å²) < 4.78 is 24.7. The quantitative estimate of drug-likeness (QED) is 0.827. The van der Waals surface area contributed by atoms with Crippen LogP contribution in [0, 0.1) is 0 Å². The van der Waals surface area contributed by atoms with Crippen molar-refractivity contribution in [2.45, 2.75) is 6.54 Å². The Kier molecular flexibility index (Phi) is 6.16. The number of nitrogens with zero attached hydrogens (tertiary/aromatic N) is 2. The van der Waals surface area contributed by atoms with Crippen molar-refractivity contribution in [3.63, 3.8) is 0 Å². The summed E-state index contributed by atoms with van der Waals surface area (Å²) in [6, 6.07) is 14.4. The van der Waals surface area contributed by atoms with Gasteiger partial charge in [-0.3, -0.25) is 9.69 Å². The maximum Gasteiger partial charge on any atom is 0.255 e. The summed E-state index contributed by atoms with van der Waals surface area (Å²) in [5.74, 6) is -0.180. The van der Waals surface area contributed by atoms with Crippen molar-refractivity contribution >= 4 is 33.2 Å². The Balaban J connectivity index is 1.60. The molecule has 0 radical (unpaired) electrons. The van der Waals surface area contributed by atoms with Gasteiger partial charge in [-0.2, -0.15) is 4.31 Å². The van der Waals surface area contributed by atoms with Crippen LogP contribution in [-0.2, 0) is 16.6 Å². The molecule has 8 heteroatoms. The zero-order valence-corrected chi connectivity index (χ0v) is 16.6. The van der Waals surface area contributed by atoms with Crippen molar-refractivity contribution in [1.82, 2.24) is 9.21 Å². The van der Waals surface area contributed by atoms with Gasteiger partial charge in [0.15, 0.2) is 0 Å². The molecule has 0 atom stereocenters. The Morgan fingerprint density at radius 1 is 1.07 bits per heavy atom. The molecule has 1 amide bonds. The summed E-state index contributed by atoms with van der Waals surface area (Å²) in [6.45, 7) is 3.02. The number of halogens is 1. The molecule has 1 heterocycles. The summed E-state index contributed by atoms with van der Waals surface area (Å²) in [6.07, 6.45) is 1.24. The fourth-order valence-electron chi connectivity index (χ4n) is 3.02. The van der Waals surface area contributed by atoms with Crippen LogP contribution in [0.1, 0.15) is 15.9 Å². The van der Waals surface area contributed by atoms with Crippen molar-refractivity contribution in [2.75, 3.05) is 37.8 Å². The van der Waals surface area contributed by atoms with Crippen molar-refractivity contribution in [3.05, 3.63) is 64.7 Å². The third-order valence-corrected chi connectivity index (χ3v) is 6.05. The minimum Gasteiger partial charge on any atom is -0.322 e. The fraction of sp³-hybridized carbons (Fsp3) is 0.316. The first kappa shape index (κ1) is 19.8. The van der Waals surface area contributed by atoms with Gasteiger partial charge in [0.1, 0.15) is 0 Å². The van der Waals surface area contributed by atoms with Gasteiger partial charge in [0.2, 0.25) is 10.0 Å². The van der Waals surface area contributed by atoms with Crippen molar-refractivity contribution in [1.29, 1.82) is 0 Å². The minimum atomic E-state index is -3.13. The predicted octanol–water partition coefficient (Wildman–Crippen LogP) is 2.67. The van der Waals surface area contributed by atoms with Crippen LogP contribution in [0.15, 0.2) is 48.5 Å². The van der Waals surface area contributed by atoms with Gasteiger partial charge in [-0.05, 0) is 42.0 Å². The SMILES string of the molecule is CS(=O)(=O)N1CCN(Cc2cccc(C(=O)Nc3ccc(Cl)cc3)c2)CC1. The minimum absolute atomic E-state index is 0.180. The third kappa shape index (κ3) is 5.52. The smallest absolute Gasteiger partial charge is 0.255 e. The molecule has 2 aromatic carbocycles. The van der Waals surface area contributed by atoms with Gasteiger partial charge in [0.05, 0.1) is 6.26 Å². The summed E-state index contributed by atoms with van der Waals surface area (Å²) in [5.41, 5.74) is 2.29. The van der Waals surface area contributed by atoms with Gasteiger partial charge < -0.3 is 5.32 Å². The predicted molar refractivity (Wildman–Crippen MR) is 108 cm³/mol. The van der Waals surface area contributed by atoms with Crippen LogP contribution in [0.3, 0.4) is 0 Å². The molecule has 1 aliphatic rings. The molecule has 0 aromatic heterocycles. The molecular weight excluding hydrogens is 386 g/mol. The molecule has 27 heavy (non-hydrogen) atoms. The molecule has 1 saturated heterocycles. The van der Waals surface area contributed by atoms with Crippen LogP contribution >= 0.6 is 11.6 Å². The monoisotopic (exact) mass is 407 g/mol. The number of piperazine rings is 1. The summed E-state index contributed by atoms with van der Waals surface area (Å²) in [7, 11) is -3.13. The van der Waals surface area contributed by atoms with Crippen LogP contribution < -0.4 is 5.32 Å². The molecule has 0 spiro atoms. The van der Waals surface area contributed by atoms with Gasteiger partial charge in [-0.25, -0.2) is 8.42 Å². The average molecular weight is 408 g/mol. The second kappa shape index (κ2) is 8.39. The highest BCUT2D eigenvalue weighted by molar-refractivity contribution is 7.88. The maximum absolute atomic E-state index is 12.5. The number of sulfonamides is 1. The zero-order valence-electron chi connectivity index (χ0n) is 15.1. The third-order valence-electron chi connectivity index (χ3n) is 4.50. The molecule has 0 bridgehead atoms. The number of carbonyl (C=O) groups is 1. The molecular formula is C19H22ClN3O3S. The van der Waals surface area contributed by atoms with Crippen LogP contribution in [0.4, 0.5) is 5.69 Å². The molecule has 1 fully saturated rings. The van der Waals surface area contributed by atoms with E-state index >= 15 is 0 Å². The van der Waals surface area contributed by atoms with Gasteiger partial charge in [-0.1, -0.05) is 23.7 Å². The highest BCUT2D eigenvalue weighted by Gasteiger charge is 2.23. The molecule has 0 saturated carbocycles. The normalized spacial score (nSPS) is 16.2. The first-order valence-corrected chi connectivity index (χ1v) is 10.9. The summed E-state index contributed by atoms with van der Waals surface area (Å²) >= 11 is 5.86. The number of amides is 1. The van der Waals surface area contributed by atoms with E-state index in [2.05, 4.69) is 10.2 Å². The van der Waals surface area contributed by atoms with Gasteiger partial charge >= 0.3 is 0 Å². The topological polar surface area (TPSA) is 69.7 Å². The van der Waals surface area contributed by atoms with Gasteiger partial charge in [0, 0.05) is 49.0 Å². The Bertz CT molecular complexity index is 908. The largest absolute Gasteiger partial charge is 0.322 e. The standard InChI is InChI=1S/C19H22ClN3O3S/c1-27(25,26)23-11-9-22(10-12-23)14-15-3-2-4-16(13-15)19(24)21-18-7-5-17(20)6-8-18/h2-8,13H,9-12,14H2,1H3,(H,21,24). The van der Waals surface area contributed by atoms with Crippen molar-refractivity contribution < 1.29 is 13.2 Å². The molecule has 1 N–H and O–H groups in total. The van der Waals surface area contributed by atoms with Crippen molar-refractivity contribution in [3.8, 4) is 0 Å². The van der Waals surface area contributed by atoms with Gasteiger partial charge in [-0.15, -0.1) is 0 Å². The second-order valence-electron chi connectivity index (χ2n) is 6.60. The van der Waals surface area contributed by atoms with E-state index in [1.54, 1.807) is 30.3 Å². The van der Waals surface area contributed by atoms with Gasteiger partial charge in [0.25, 0.3) is 5.91 Å². The first-order valence-electron chi connectivity index (χ1n) is 8.64. The van der Waals surface area contributed by atoms with E-state index < -0.39 is 10.0 Å². The van der Waals surface area contributed by atoms with E-state index in [0.717, 1.165) is 5.56 Å². The highest BCUT2D eigenvalue weighted by atomic mass is 35.5. The Morgan fingerprint density at radius 3 is 2.37 bits per heavy atom. The van der Waals surface area contributed by atoms with Crippen LogP contribution in [0.2, 0.25) is 5.02 Å². The first-order chi connectivity index (χ1) is 12.8. The van der Waals surface area contributed by atoms with E-state index in [-0.39, 0.29) is 5.91 Å². The van der Waals surface area contributed by atoms with Crippen molar-refractivity contribution in [2.24, 2.45) is 0 Å². The summed E-state index contributed by atoms with van der Waals surface area (Å²) in [4.78, 5) is 14.7. The molecule has 1 aliphatic heterocycles. The fourth-order valence-corrected chi connectivity index (χ4v) is 3.98. The lowest BCUT2D eigenvalue weighted by Crippen LogP contribution is -2.47. The number of rotatable bonds is 5. The zero-order chi connectivity index (χ0) is 19.4. The number of carbonyl (C=O) groups excluding carboxylic acids is 1. The van der Waals surface area contributed by atoms with Crippen LogP contribution in [0.5, 0.6) is 0 Å². The van der Waals surface area contributed by atoms with Crippen LogP contribution in [0.25, 0.3) is 0 Å².